The van der Waals surface area contributed by atoms with Crippen LogP contribution in [0.15, 0.2) is 18.2 Å². The second-order valence-electron chi connectivity index (χ2n) is 6.69. The fourth-order valence-electron chi connectivity index (χ4n) is 3.48. The lowest BCUT2D eigenvalue weighted by molar-refractivity contribution is 0.158. The molecule has 0 aliphatic heterocycles. The molecule has 0 bridgehead atoms. The van der Waals surface area contributed by atoms with E-state index in [0.29, 0.717) is 11.7 Å². The van der Waals surface area contributed by atoms with E-state index < -0.39 is 0 Å². The first-order valence-corrected chi connectivity index (χ1v) is 7.45. The summed E-state index contributed by atoms with van der Waals surface area (Å²) in [5, 5.41) is 3.26. The Bertz CT molecular complexity index is 458. The van der Waals surface area contributed by atoms with Gasteiger partial charge < -0.3 is 10.1 Å². The van der Waals surface area contributed by atoms with Crippen LogP contribution in [0.25, 0.3) is 0 Å². The molecule has 1 aromatic rings. The minimum absolute atomic E-state index is 0.182. The Balaban J connectivity index is 2.35. The number of halogens is 1. The molecule has 112 valence electrons. The summed E-state index contributed by atoms with van der Waals surface area (Å²) in [4.78, 5) is 0. The van der Waals surface area contributed by atoms with Crippen LogP contribution in [0.4, 0.5) is 4.39 Å². The molecule has 0 radical (unpaired) electrons. The van der Waals surface area contributed by atoms with Crippen molar-refractivity contribution in [3.63, 3.8) is 0 Å². The van der Waals surface area contributed by atoms with Gasteiger partial charge in [0.05, 0.1) is 7.11 Å². The molecule has 0 amide bonds. The molecule has 0 saturated heterocycles. The molecule has 0 spiro atoms. The lowest BCUT2D eigenvalue weighted by Gasteiger charge is -2.41. The van der Waals surface area contributed by atoms with Crippen LogP contribution in [0, 0.1) is 17.2 Å². The van der Waals surface area contributed by atoms with Crippen molar-refractivity contribution in [1.82, 2.24) is 5.32 Å². The van der Waals surface area contributed by atoms with Crippen LogP contribution in [0.2, 0.25) is 0 Å². The van der Waals surface area contributed by atoms with E-state index in [2.05, 4.69) is 19.2 Å². The minimum atomic E-state index is -0.182. The van der Waals surface area contributed by atoms with Crippen molar-refractivity contribution >= 4 is 0 Å². The average molecular weight is 279 g/mol. The molecule has 3 heteroatoms. The monoisotopic (exact) mass is 279 g/mol. The molecular weight excluding hydrogens is 253 g/mol. The second-order valence-corrected chi connectivity index (χ2v) is 6.69. The van der Waals surface area contributed by atoms with Crippen LogP contribution in [0.3, 0.4) is 0 Å². The highest BCUT2D eigenvalue weighted by Gasteiger charge is 2.36. The van der Waals surface area contributed by atoms with Gasteiger partial charge in [-0.05, 0) is 61.7 Å². The van der Waals surface area contributed by atoms with Crippen LogP contribution >= 0.6 is 0 Å². The summed E-state index contributed by atoms with van der Waals surface area (Å²) in [6.07, 6.45) is 3.39. The third-order valence-electron chi connectivity index (χ3n) is 4.61. The van der Waals surface area contributed by atoms with E-state index in [1.54, 1.807) is 6.07 Å². The van der Waals surface area contributed by atoms with Gasteiger partial charge in [0.25, 0.3) is 0 Å². The third kappa shape index (κ3) is 3.14. The molecule has 0 heterocycles. The van der Waals surface area contributed by atoms with E-state index in [0.717, 1.165) is 24.9 Å². The Morgan fingerprint density at radius 3 is 2.80 bits per heavy atom. The van der Waals surface area contributed by atoms with Gasteiger partial charge in [-0.2, -0.15) is 0 Å². The summed E-state index contributed by atoms with van der Waals surface area (Å²) < 4.78 is 19.7. The number of hydrogen-bond acceptors (Lipinski definition) is 2. The Labute approximate surface area is 121 Å². The fourth-order valence-corrected chi connectivity index (χ4v) is 3.48. The highest BCUT2D eigenvalue weighted by Crippen LogP contribution is 2.47. The smallest absolute Gasteiger partial charge is 0.168 e. The SMILES string of the molecule is CNCC1CCC(C)(C)CC1c1cccc(OC)c1F. The van der Waals surface area contributed by atoms with E-state index in [1.807, 2.05) is 19.2 Å². The maximum atomic E-state index is 14.6. The number of nitrogens with one attached hydrogen (secondary N) is 1. The maximum absolute atomic E-state index is 14.6. The average Bonchev–Trinajstić information content (AvgIpc) is 2.41. The number of rotatable bonds is 4. The van der Waals surface area contributed by atoms with Crippen LogP contribution in [-0.2, 0) is 0 Å². The van der Waals surface area contributed by atoms with Gasteiger partial charge in [0, 0.05) is 0 Å². The summed E-state index contributed by atoms with van der Waals surface area (Å²) in [6, 6.07) is 5.52. The number of hydrogen-bond donors (Lipinski definition) is 1. The molecule has 1 fully saturated rings. The highest BCUT2D eigenvalue weighted by molar-refractivity contribution is 5.34. The first-order chi connectivity index (χ1) is 9.48. The standard InChI is InChI=1S/C17H26FNO/c1-17(2)9-8-12(11-19-3)14(10-17)13-6-5-7-15(20-4)16(13)18/h5-7,12,14,19H,8-11H2,1-4H3. The van der Waals surface area contributed by atoms with E-state index in [1.165, 1.54) is 13.5 Å². The predicted octanol–water partition coefficient (Wildman–Crippen LogP) is 3.96. The summed E-state index contributed by atoms with van der Waals surface area (Å²) in [5.74, 6) is 0.934. The lowest BCUT2D eigenvalue weighted by atomic mass is 9.65. The van der Waals surface area contributed by atoms with Crippen molar-refractivity contribution in [1.29, 1.82) is 0 Å². The van der Waals surface area contributed by atoms with Gasteiger partial charge in [-0.25, -0.2) is 4.39 Å². The van der Waals surface area contributed by atoms with Gasteiger partial charge in [-0.15, -0.1) is 0 Å². The molecule has 2 rings (SSSR count). The van der Waals surface area contributed by atoms with E-state index in [9.17, 15) is 4.39 Å². The summed E-state index contributed by atoms with van der Waals surface area (Å²) in [6.45, 7) is 5.51. The maximum Gasteiger partial charge on any atom is 0.168 e. The van der Waals surface area contributed by atoms with Gasteiger partial charge in [0.1, 0.15) is 0 Å². The van der Waals surface area contributed by atoms with Crippen LogP contribution in [0.5, 0.6) is 5.75 Å². The zero-order chi connectivity index (χ0) is 14.8. The summed E-state index contributed by atoms with van der Waals surface area (Å²) in [5.41, 5.74) is 1.10. The van der Waals surface area contributed by atoms with Gasteiger partial charge in [0.2, 0.25) is 0 Å². The number of methoxy groups -OCH3 is 1. The second kappa shape index (κ2) is 6.13. The van der Waals surface area contributed by atoms with E-state index in [-0.39, 0.29) is 17.2 Å². The number of benzene rings is 1. The Morgan fingerprint density at radius 2 is 2.15 bits per heavy atom. The first kappa shape index (κ1) is 15.3. The molecule has 1 N–H and O–H groups in total. The van der Waals surface area contributed by atoms with E-state index >= 15 is 0 Å². The van der Waals surface area contributed by atoms with Gasteiger partial charge in [0.15, 0.2) is 11.6 Å². The normalized spacial score (nSPS) is 25.4. The quantitative estimate of drug-likeness (QED) is 0.900. The van der Waals surface area contributed by atoms with Crippen molar-refractivity contribution in [2.45, 2.75) is 39.0 Å². The van der Waals surface area contributed by atoms with Crippen molar-refractivity contribution in [2.24, 2.45) is 11.3 Å². The molecule has 0 aromatic heterocycles. The zero-order valence-corrected chi connectivity index (χ0v) is 13.0. The highest BCUT2D eigenvalue weighted by atomic mass is 19.1. The molecule has 1 aliphatic rings. The van der Waals surface area contributed by atoms with Crippen molar-refractivity contribution in [2.75, 3.05) is 20.7 Å². The van der Waals surface area contributed by atoms with Crippen LogP contribution in [0.1, 0.15) is 44.6 Å². The van der Waals surface area contributed by atoms with Crippen LogP contribution < -0.4 is 10.1 Å². The molecule has 1 aromatic carbocycles. The molecule has 1 saturated carbocycles. The van der Waals surface area contributed by atoms with Crippen molar-refractivity contribution in [3.05, 3.63) is 29.6 Å². The zero-order valence-electron chi connectivity index (χ0n) is 13.0. The molecule has 20 heavy (non-hydrogen) atoms. The summed E-state index contributed by atoms with van der Waals surface area (Å²) in [7, 11) is 3.50. The number of ether oxygens (including phenoxy) is 1. The third-order valence-corrected chi connectivity index (χ3v) is 4.61. The van der Waals surface area contributed by atoms with Crippen molar-refractivity contribution in [3.8, 4) is 5.75 Å². The van der Waals surface area contributed by atoms with Crippen LogP contribution in [-0.4, -0.2) is 20.7 Å². The Morgan fingerprint density at radius 1 is 1.40 bits per heavy atom. The molecule has 1 aliphatic carbocycles. The molecule has 2 nitrogen and oxygen atoms in total. The molecule has 2 atom stereocenters. The summed E-state index contributed by atoms with van der Waals surface area (Å²) >= 11 is 0. The molecule has 2 unspecified atom stereocenters. The first-order valence-electron chi connectivity index (χ1n) is 7.45. The Hall–Kier alpha value is -1.09. The van der Waals surface area contributed by atoms with Gasteiger partial charge in [-0.3, -0.25) is 0 Å². The topological polar surface area (TPSA) is 21.3 Å². The lowest BCUT2D eigenvalue weighted by Crippen LogP contribution is -2.34. The molecular formula is C17H26FNO. The predicted molar refractivity (Wildman–Crippen MR) is 80.7 cm³/mol. The van der Waals surface area contributed by atoms with E-state index in [4.69, 9.17) is 4.74 Å². The van der Waals surface area contributed by atoms with Gasteiger partial charge >= 0.3 is 0 Å². The fraction of sp³-hybridized carbons (Fsp3) is 0.647. The van der Waals surface area contributed by atoms with Crippen molar-refractivity contribution < 1.29 is 9.13 Å². The largest absolute Gasteiger partial charge is 0.494 e. The van der Waals surface area contributed by atoms with Gasteiger partial charge in [-0.1, -0.05) is 26.0 Å². The Kier molecular flexibility index (Phi) is 4.69. The minimum Gasteiger partial charge on any atom is -0.494 e.